The van der Waals surface area contributed by atoms with Crippen LogP contribution in [0.5, 0.6) is 0 Å². The molecule has 1 fully saturated rings. The van der Waals surface area contributed by atoms with Crippen LogP contribution in [0.15, 0.2) is 53.6 Å². The minimum absolute atomic E-state index is 0.146. The van der Waals surface area contributed by atoms with Gasteiger partial charge in [-0.2, -0.15) is 0 Å². The molecule has 0 spiro atoms. The molecule has 0 unspecified atom stereocenters. The first kappa shape index (κ1) is 13.5. The second-order valence-electron chi connectivity index (χ2n) is 5.71. The van der Waals surface area contributed by atoms with E-state index in [4.69, 9.17) is 6.57 Å². The van der Waals surface area contributed by atoms with Crippen molar-refractivity contribution in [2.75, 3.05) is 0 Å². The Morgan fingerprint density at radius 2 is 1.96 bits per heavy atom. The first-order valence-electron chi connectivity index (χ1n) is 7.51. The van der Waals surface area contributed by atoms with Crippen molar-refractivity contribution in [1.82, 2.24) is 14.8 Å². The lowest BCUT2D eigenvalue weighted by molar-refractivity contribution is 0.816. The van der Waals surface area contributed by atoms with Crippen LogP contribution in [-0.2, 0) is 0 Å². The fourth-order valence-corrected chi connectivity index (χ4v) is 2.65. The molecule has 5 heteroatoms. The van der Waals surface area contributed by atoms with Gasteiger partial charge >= 0.3 is 0 Å². The van der Waals surface area contributed by atoms with Crippen molar-refractivity contribution < 1.29 is 0 Å². The molecule has 0 bridgehead atoms. The zero-order valence-corrected chi connectivity index (χ0v) is 12.4. The molecular formula is C18H14N4O. The van der Waals surface area contributed by atoms with Gasteiger partial charge in [-0.1, -0.05) is 30.3 Å². The number of benzene rings is 1. The second kappa shape index (κ2) is 5.25. The maximum absolute atomic E-state index is 12.6. The van der Waals surface area contributed by atoms with Crippen molar-refractivity contribution in [3.05, 3.63) is 76.1 Å². The highest BCUT2D eigenvalue weighted by Gasteiger charge is 2.23. The van der Waals surface area contributed by atoms with E-state index in [-0.39, 0.29) is 5.56 Å². The Hall–Kier alpha value is -3.13. The standard InChI is InChI=1S/C18H14N4O/c1-19-15-7-4-13(5-8-15)16-11-21-22(18(16)23)17-9-6-14(10-20-17)12-2-3-12/h4-12,21H,2-3H2. The van der Waals surface area contributed by atoms with E-state index in [1.165, 1.54) is 23.1 Å². The lowest BCUT2D eigenvalue weighted by Gasteiger charge is -2.02. The molecule has 1 aliphatic rings. The summed E-state index contributed by atoms with van der Waals surface area (Å²) in [5.41, 5.74) is 3.00. The monoisotopic (exact) mass is 302 g/mol. The van der Waals surface area contributed by atoms with Crippen molar-refractivity contribution in [3.63, 3.8) is 0 Å². The van der Waals surface area contributed by atoms with Gasteiger partial charge in [-0.25, -0.2) is 14.5 Å². The fraction of sp³-hybridized carbons (Fsp3) is 0.167. The minimum Gasteiger partial charge on any atom is -0.296 e. The van der Waals surface area contributed by atoms with Crippen LogP contribution in [0.2, 0.25) is 0 Å². The van der Waals surface area contributed by atoms with E-state index in [1.807, 2.05) is 18.3 Å². The van der Waals surface area contributed by atoms with Gasteiger partial charge in [0.1, 0.15) is 0 Å². The van der Waals surface area contributed by atoms with Crippen LogP contribution in [0.4, 0.5) is 5.69 Å². The van der Waals surface area contributed by atoms with E-state index >= 15 is 0 Å². The topological polar surface area (TPSA) is 55.0 Å². The zero-order chi connectivity index (χ0) is 15.8. The number of nitrogens with zero attached hydrogens (tertiary/aromatic N) is 3. The maximum Gasteiger partial charge on any atom is 0.280 e. The van der Waals surface area contributed by atoms with Crippen LogP contribution in [-0.4, -0.2) is 14.8 Å². The van der Waals surface area contributed by atoms with Gasteiger partial charge in [-0.05, 0) is 36.0 Å². The molecule has 1 saturated carbocycles. The molecule has 1 aromatic carbocycles. The van der Waals surface area contributed by atoms with Gasteiger partial charge < -0.3 is 0 Å². The third kappa shape index (κ3) is 2.44. The Morgan fingerprint density at radius 3 is 2.57 bits per heavy atom. The van der Waals surface area contributed by atoms with Crippen molar-refractivity contribution in [2.45, 2.75) is 18.8 Å². The molecule has 2 heterocycles. The SMILES string of the molecule is [C-]#[N+]c1ccc(-c2c[nH]n(-c3ccc(C4CC4)cn3)c2=O)cc1. The van der Waals surface area contributed by atoms with Gasteiger partial charge in [0.25, 0.3) is 5.56 Å². The number of aromatic amines is 1. The molecule has 1 N–H and O–H groups in total. The number of nitrogens with one attached hydrogen (secondary N) is 1. The molecule has 4 rings (SSSR count). The van der Waals surface area contributed by atoms with E-state index in [9.17, 15) is 4.79 Å². The summed E-state index contributed by atoms with van der Waals surface area (Å²) in [6, 6.07) is 10.9. The summed E-state index contributed by atoms with van der Waals surface area (Å²) in [7, 11) is 0. The smallest absolute Gasteiger partial charge is 0.280 e. The molecule has 2 aromatic heterocycles. The number of aromatic nitrogens is 3. The first-order chi connectivity index (χ1) is 11.3. The summed E-state index contributed by atoms with van der Waals surface area (Å²) >= 11 is 0. The number of pyridine rings is 1. The average Bonchev–Trinajstić information content (AvgIpc) is 3.38. The Balaban J connectivity index is 1.69. The van der Waals surface area contributed by atoms with E-state index in [0.717, 1.165) is 5.56 Å². The summed E-state index contributed by atoms with van der Waals surface area (Å²) in [4.78, 5) is 20.3. The molecule has 112 valence electrons. The number of H-pyrrole nitrogens is 1. The molecular weight excluding hydrogens is 288 g/mol. The predicted octanol–water partition coefficient (Wildman–Crippen LogP) is 3.66. The quantitative estimate of drug-likeness (QED) is 0.751. The van der Waals surface area contributed by atoms with Gasteiger partial charge in [0.05, 0.1) is 12.1 Å². The third-order valence-corrected chi connectivity index (χ3v) is 4.13. The highest BCUT2D eigenvalue weighted by atomic mass is 16.1. The molecule has 0 radical (unpaired) electrons. The maximum atomic E-state index is 12.6. The molecule has 3 aromatic rings. The molecule has 0 saturated heterocycles. The highest BCUT2D eigenvalue weighted by Crippen LogP contribution is 2.39. The lowest BCUT2D eigenvalue weighted by Crippen LogP contribution is -2.16. The molecule has 1 aliphatic carbocycles. The van der Waals surface area contributed by atoms with Crippen molar-refractivity contribution in [1.29, 1.82) is 0 Å². The highest BCUT2D eigenvalue weighted by molar-refractivity contribution is 5.65. The average molecular weight is 302 g/mol. The zero-order valence-electron chi connectivity index (χ0n) is 12.4. The molecule has 0 amide bonds. The van der Waals surface area contributed by atoms with Crippen LogP contribution in [0.1, 0.15) is 24.3 Å². The fourth-order valence-electron chi connectivity index (χ4n) is 2.65. The van der Waals surface area contributed by atoms with Crippen LogP contribution >= 0.6 is 0 Å². The van der Waals surface area contributed by atoms with Crippen LogP contribution < -0.4 is 5.56 Å². The van der Waals surface area contributed by atoms with Gasteiger partial charge in [-0.15, -0.1) is 0 Å². The van der Waals surface area contributed by atoms with Gasteiger partial charge in [0.15, 0.2) is 11.5 Å². The summed E-state index contributed by atoms with van der Waals surface area (Å²) < 4.78 is 1.44. The second-order valence-corrected chi connectivity index (χ2v) is 5.71. The van der Waals surface area contributed by atoms with Crippen molar-refractivity contribution >= 4 is 5.69 Å². The Labute approximate surface area is 133 Å². The van der Waals surface area contributed by atoms with Gasteiger partial charge in [0.2, 0.25) is 0 Å². The number of rotatable bonds is 3. The summed E-state index contributed by atoms with van der Waals surface area (Å²) in [5, 5.41) is 2.96. The Morgan fingerprint density at radius 1 is 1.17 bits per heavy atom. The summed E-state index contributed by atoms with van der Waals surface area (Å²) in [6.07, 6.45) is 5.98. The van der Waals surface area contributed by atoms with Crippen LogP contribution in [0.3, 0.4) is 0 Å². The van der Waals surface area contributed by atoms with Crippen LogP contribution in [0.25, 0.3) is 21.8 Å². The largest absolute Gasteiger partial charge is 0.296 e. The normalized spacial score (nSPS) is 13.7. The van der Waals surface area contributed by atoms with Gasteiger partial charge in [0, 0.05) is 12.4 Å². The summed E-state index contributed by atoms with van der Waals surface area (Å²) in [5.74, 6) is 1.23. The Kier molecular flexibility index (Phi) is 3.09. The van der Waals surface area contributed by atoms with E-state index < -0.39 is 0 Å². The predicted molar refractivity (Wildman–Crippen MR) is 87.9 cm³/mol. The molecule has 0 aliphatic heterocycles. The van der Waals surface area contributed by atoms with Gasteiger partial charge in [-0.3, -0.25) is 9.89 Å². The van der Waals surface area contributed by atoms with E-state index in [1.54, 1.807) is 30.5 Å². The summed E-state index contributed by atoms with van der Waals surface area (Å²) in [6.45, 7) is 6.97. The lowest BCUT2D eigenvalue weighted by atomic mass is 10.1. The van der Waals surface area contributed by atoms with E-state index in [0.29, 0.717) is 23.0 Å². The van der Waals surface area contributed by atoms with Crippen LogP contribution in [0, 0.1) is 6.57 Å². The van der Waals surface area contributed by atoms with Crippen molar-refractivity contribution in [3.8, 4) is 16.9 Å². The third-order valence-electron chi connectivity index (χ3n) is 4.13. The molecule has 5 nitrogen and oxygen atoms in total. The van der Waals surface area contributed by atoms with E-state index in [2.05, 4.69) is 14.9 Å². The number of hydrogen-bond acceptors (Lipinski definition) is 2. The van der Waals surface area contributed by atoms with Crippen molar-refractivity contribution in [2.24, 2.45) is 0 Å². The Bertz CT molecular complexity index is 938. The molecule has 23 heavy (non-hydrogen) atoms. The minimum atomic E-state index is -0.146. The number of hydrogen-bond donors (Lipinski definition) is 1. The molecule has 0 atom stereocenters. The first-order valence-corrected chi connectivity index (χ1v) is 7.51.